The lowest BCUT2D eigenvalue weighted by atomic mass is 9.43. The van der Waals surface area contributed by atoms with Crippen LogP contribution in [0.5, 0.6) is 0 Å². The fourth-order valence-electron chi connectivity index (χ4n) is 9.68. The van der Waals surface area contributed by atoms with Gasteiger partial charge >= 0.3 is 0 Å². The molecule has 0 amide bonds. The molecule has 184 valence electrons. The highest BCUT2D eigenvalue weighted by atomic mass is 31.0. The summed E-state index contributed by atoms with van der Waals surface area (Å²) in [5.41, 5.74) is 4.82. The van der Waals surface area contributed by atoms with E-state index >= 15 is 0 Å². The summed E-state index contributed by atoms with van der Waals surface area (Å²) in [5, 5.41) is 7.75. The van der Waals surface area contributed by atoms with E-state index in [9.17, 15) is 0 Å². The molecule has 33 heavy (non-hydrogen) atoms. The maximum absolute atomic E-state index is 3.76. The molecular weight excluding hydrogens is 454 g/mol. The molecule has 0 spiro atoms. The van der Waals surface area contributed by atoms with Gasteiger partial charge in [-0.2, -0.15) is 0 Å². The molecule has 2 heterocycles. The lowest BCUT2D eigenvalue weighted by molar-refractivity contribution is -0.0738. The Morgan fingerprint density at radius 1 is 0.909 bits per heavy atom. The molecule has 7 aliphatic rings. The summed E-state index contributed by atoms with van der Waals surface area (Å²) >= 11 is 0. The molecule has 5 unspecified atom stereocenters. The van der Waals surface area contributed by atoms with Crippen molar-refractivity contribution in [2.45, 2.75) is 75.3 Å². The third kappa shape index (κ3) is 3.60. The Bertz CT molecular complexity index is 787. The maximum Gasteiger partial charge on any atom is 0.0558 e. The van der Waals surface area contributed by atoms with Gasteiger partial charge in [-0.15, -0.1) is 18.5 Å². The van der Waals surface area contributed by atoms with Crippen LogP contribution in [0.25, 0.3) is 0 Å². The van der Waals surface area contributed by atoms with E-state index in [1.807, 2.05) is 11.1 Å². The fourth-order valence-corrected chi connectivity index (χ4v) is 12.7. The normalized spacial score (nSPS) is 46.5. The van der Waals surface area contributed by atoms with Crippen molar-refractivity contribution in [1.29, 1.82) is 0 Å². The van der Waals surface area contributed by atoms with Crippen LogP contribution >= 0.6 is 18.5 Å². The molecule has 5 atom stereocenters. The first-order chi connectivity index (χ1) is 15.8. The molecule has 6 fully saturated rings. The van der Waals surface area contributed by atoms with E-state index in [0.29, 0.717) is 11.0 Å². The average molecular weight is 503 g/mol. The minimum absolute atomic E-state index is 0.231. The van der Waals surface area contributed by atoms with Gasteiger partial charge in [0.15, 0.2) is 0 Å². The standard InChI is InChI=1S/C28H48N2P2Si/c1-33(2,3)24-13-25(27(17-31)22-9-18-8-19(11-22)12-23(27)10-18)26(14-24)28(32,20-4-6-29-15-20)21-5-7-30-16-21/h13-14,18-24,29-30H,4-12,15-17,31-32H2,1-3H3. The third-order valence-electron chi connectivity index (χ3n) is 11.4. The second kappa shape index (κ2) is 8.51. The Kier molecular flexibility index (Phi) is 6.15. The summed E-state index contributed by atoms with van der Waals surface area (Å²) in [6.07, 6.45) is 17.3. The van der Waals surface area contributed by atoms with Gasteiger partial charge in [0.2, 0.25) is 0 Å². The van der Waals surface area contributed by atoms with Gasteiger partial charge in [0.25, 0.3) is 0 Å². The van der Waals surface area contributed by atoms with Crippen LogP contribution in [-0.2, 0) is 0 Å². The Labute approximate surface area is 208 Å². The van der Waals surface area contributed by atoms with Crippen molar-refractivity contribution in [1.82, 2.24) is 10.6 Å². The molecule has 4 saturated carbocycles. The maximum atomic E-state index is 3.76. The van der Waals surface area contributed by atoms with Crippen LogP contribution in [0.2, 0.25) is 25.2 Å². The second-order valence-electron chi connectivity index (χ2n) is 13.9. The van der Waals surface area contributed by atoms with Crippen LogP contribution in [0.4, 0.5) is 0 Å². The minimum Gasteiger partial charge on any atom is -0.316 e. The van der Waals surface area contributed by atoms with E-state index in [-0.39, 0.29) is 5.16 Å². The largest absolute Gasteiger partial charge is 0.316 e. The molecule has 0 aromatic rings. The first kappa shape index (κ1) is 23.9. The SMILES string of the molecule is C[Si](C)(C)C1C=C(C(P)(C2CCNC2)C2CCNC2)C(C2(CP)C3CC4CC(C3)CC2C4)=C1. The van der Waals surface area contributed by atoms with E-state index in [1.54, 1.807) is 6.42 Å². The zero-order valence-electron chi connectivity index (χ0n) is 21.3. The van der Waals surface area contributed by atoms with Crippen LogP contribution in [0, 0.1) is 40.9 Å². The van der Waals surface area contributed by atoms with Gasteiger partial charge in [0.1, 0.15) is 0 Å². The van der Waals surface area contributed by atoms with E-state index in [2.05, 4.69) is 60.9 Å². The molecule has 2 aliphatic heterocycles. The van der Waals surface area contributed by atoms with Crippen molar-refractivity contribution in [3.63, 3.8) is 0 Å². The Morgan fingerprint density at radius 2 is 1.45 bits per heavy atom. The Hall–Kier alpha value is 0.477. The molecular formula is C28H48N2P2Si. The van der Waals surface area contributed by atoms with Crippen molar-refractivity contribution in [3.8, 4) is 0 Å². The second-order valence-corrected chi connectivity index (χ2v) is 20.7. The molecule has 7 rings (SSSR count). The van der Waals surface area contributed by atoms with Gasteiger partial charge in [0, 0.05) is 10.6 Å². The quantitative estimate of drug-likeness (QED) is 0.359. The highest BCUT2D eigenvalue weighted by Gasteiger charge is 2.61. The molecule has 2 N–H and O–H groups in total. The smallest absolute Gasteiger partial charge is 0.0558 e. The van der Waals surface area contributed by atoms with Crippen LogP contribution in [-0.4, -0.2) is 45.6 Å². The lowest BCUT2D eigenvalue weighted by Crippen LogP contribution is -2.56. The molecule has 4 bridgehead atoms. The zero-order valence-corrected chi connectivity index (χ0v) is 24.6. The monoisotopic (exact) mass is 502 g/mol. The van der Waals surface area contributed by atoms with Crippen LogP contribution in [0.1, 0.15) is 44.9 Å². The fraction of sp³-hybridized carbons (Fsp3) is 0.857. The summed E-state index contributed by atoms with van der Waals surface area (Å²) in [5.74, 6) is 5.44. The van der Waals surface area contributed by atoms with Gasteiger partial charge in [-0.1, -0.05) is 31.8 Å². The molecule has 0 radical (unpaired) electrons. The van der Waals surface area contributed by atoms with Gasteiger partial charge < -0.3 is 10.6 Å². The van der Waals surface area contributed by atoms with Gasteiger partial charge in [0.05, 0.1) is 8.07 Å². The van der Waals surface area contributed by atoms with Crippen LogP contribution in [0.3, 0.4) is 0 Å². The number of nitrogens with one attached hydrogen (secondary N) is 2. The van der Waals surface area contributed by atoms with Gasteiger partial charge in [-0.25, -0.2) is 0 Å². The Balaban J connectivity index is 1.49. The number of rotatable bonds is 6. The minimum atomic E-state index is -1.32. The molecule has 0 aromatic carbocycles. The highest BCUT2D eigenvalue weighted by molar-refractivity contribution is 7.19. The van der Waals surface area contributed by atoms with Crippen molar-refractivity contribution in [3.05, 3.63) is 23.3 Å². The van der Waals surface area contributed by atoms with E-state index in [0.717, 1.165) is 35.5 Å². The topological polar surface area (TPSA) is 24.1 Å². The van der Waals surface area contributed by atoms with Gasteiger partial charge in [-0.3, -0.25) is 0 Å². The van der Waals surface area contributed by atoms with Crippen LogP contribution < -0.4 is 10.6 Å². The zero-order chi connectivity index (χ0) is 23.0. The first-order valence-corrected chi connectivity index (χ1v) is 19.1. The molecule has 2 nitrogen and oxygen atoms in total. The van der Waals surface area contributed by atoms with Gasteiger partial charge in [-0.05, 0) is 129 Å². The number of hydrogen-bond donors (Lipinski definition) is 2. The van der Waals surface area contributed by atoms with Crippen molar-refractivity contribution in [2.75, 3.05) is 32.3 Å². The average Bonchev–Trinajstić information content (AvgIpc) is 3.55. The van der Waals surface area contributed by atoms with Crippen molar-refractivity contribution >= 4 is 26.6 Å². The van der Waals surface area contributed by atoms with Crippen molar-refractivity contribution < 1.29 is 0 Å². The molecule has 2 saturated heterocycles. The van der Waals surface area contributed by atoms with Crippen LogP contribution in [0.15, 0.2) is 23.3 Å². The summed E-state index contributed by atoms with van der Waals surface area (Å²) in [4.78, 5) is 0. The number of hydrogen-bond acceptors (Lipinski definition) is 2. The first-order valence-electron chi connectivity index (χ1n) is 14.1. The summed E-state index contributed by atoms with van der Waals surface area (Å²) < 4.78 is 0. The predicted octanol–water partition coefficient (Wildman–Crippen LogP) is 5.71. The van der Waals surface area contributed by atoms with E-state index < -0.39 is 8.07 Å². The lowest BCUT2D eigenvalue weighted by Gasteiger charge is -2.63. The molecule has 0 aromatic heterocycles. The van der Waals surface area contributed by atoms with E-state index in [1.165, 1.54) is 70.9 Å². The summed E-state index contributed by atoms with van der Waals surface area (Å²) in [7, 11) is 5.56. The predicted molar refractivity (Wildman–Crippen MR) is 152 cm³/mol. The highest BCUT2D eigenvalue weighted by Crippen LogP contribution is 2.69. The third-order valence-corrected chi connectivity index (χ3v) is 15.6. The Morgan fingerprint density at radius 3 is 1.88 bits per heavy atom. The number of allylic oxidation sites excluding steroid dienone is 4. The summed E-state index contributed by atoms with van der Waals surface area (Å²) in [6, 6.07) is 0. The molecule has 5 heteroatoms. The van der Waals surface area contributed by atoms with E-state index in [4.69, 9.17) is 0 Å². The van der Waals surface area contributed by atoms with Crippen molar-refractivity contribution in [2.24, 2.45) is 40.9 Å². The summed E-state index contributed by atoms with van der Waals surface area (Å²) in [6.45, 7) is 12.6. The molecule has 5 aliphatic carbocycles.